The third-order valence-electron chi connectivity index (χ3n) is 5.06. The summed E-state index contributed by atoms with van der Waals surface area (Å²) < 4.78 is 29.9. The number of nitrogens with one attached hydrogen (secondary N) is 1. The van der Waals surface area contributed by atoms with E-state index < -0.39 is 5.41 Å². The van der Waals surface area contributed by atoms with Crippen LogP contribution < -0.4 is 14.8 Å². The monoisotopic (exact) mass is 391 g/mol. The summed E-state index contributed by atoms with van der Waals surface area (Å²) >= 11 is 6.33. The van der Waals surface area contributed by atoms with Crippen molar-refractivity contribution in [2.45, 2.75) is 18.3 Å². The predicted octanol–water partition coefficient (Wildman–Crippen LogP) is 3.94. The summed E-state index contributed by atoms with van der Waals surface area (Å²) in [6.45, 7) is 1.82. The van der Waals surface area contributed by atoms with Crippen LogP contribution in [-0.4, -0.2) is 32.3 Å². The molecule has 2 aliphatic heterocycles. The molecule has 2 aromatic rings. The number of benzene rings is 2. The molecule has 0 aliphatic carbocycles. The van der Waals surface area contributed by atoms with Crippen molar-refractivity contribution in [3.05, 3.63) is 52.8 Å². The van der Waals surface area contributed by atoms with E-state index in [-0.39, 0.29) is 11.7 Å². The molecule has 0 atom stereocenters. The quantitative estimate of drug-likeness (QED) is 0.861. The van der Waals surface area contributed by atoms with Crippen molar-refractivity contribution in [2.75, 3.05) is 31.7 Å². The van der Waals surface area contributed by atoms with Gasteiger partial charge in [0.15, 0.2) is 11.5 Å². The van der Waals surface area contributed by atoms with E-state index in [1.807, 2.05) is 0 Å². The Morgan fingerprint density at radius 2 is 1.63 bits per heavy atom. The summed E-state index contributed by atoms with van der Waals surface area (Å²) in [5, 5.41) is 3.30. The van der Waals surface area contributed by atoms with Crippen LogP contribution in [-0.2, 0) is 14.9 Å². The second kappa shape index (κ2) is 7.37. The van der Waals surface area contributed by atoms with Gasteiger partial charge in [0, 0.05) is 25.3 Å². The fourth-order valence-electron chi connectivity index (χ4n) is 3.54. The third-order valence-corrected chi connectivity index (χ3v) is 5.37. The lowest BCUT2D eigenvalue weighted by Crippen LogP contribution is -2.44. The van der Waals surface area contributed by atoms with Gasteiger partial charge in [-0.2, -0.15) is 0 Å². The van der Waals surface area contributed by atoms with Crippen LogP contribution in [0.4, 0.5) is 10.1 Å². The van der Waals surface area contributed by atoms with E-state index in [9.17, 15) is 9.18 Å². The Bertz CT molecular complexity index is 850. The fourth-order valence-corrected chi connectivity index (χ4v) is 3.74. The molecule has 1 fully saturated rings. The van der Waals surface area contributed by atoms with Crippen molar-refractivity contribution in [2.24, 2.45) is 0 Å². The van der Waals surface area contributed by atoms with Gasteiger partial charge >= 0.3 is 0 Å². The van der Waals surface area contributed by atoms with Crippen LogP contribution in [0.1, 0.15) is 18.4 Å². The molecule has 7 heteroatoms. The number of hydrogen-bond donors (Lipinski definition) is 1. The molecule has 1 saturated heterocycles. The first-order valence-corrected chi connectivity index (χ1v) is 9.21. The van der Waals surface area contributed by atoms with Crippen molar-refractivity contribution in [3.63, 3.8) is 0 Å². The standard InChI is InChI=1S/C20H19ClFNO4/c21-15-11-17-18(27-10-9-26-17)12-16(15)23-19(24)20(5-7-25-8-6-20)13-1-3-14(22)4-2-13/h1-4,11-12H,5-10H2,(H,23,24). The first kappa shape index (κ1) is 18.1. The first-order valence-electron chi connectivity index (χ1n) is 8.83. The number of amides is 1. The Morgan fingerprint density at radius 3 is 2.30 bits per heavy atom. The average molecular weight is 392 g/mol. The van der Waals surface area contributed by atoms with Gasteiger partial charge in [0.05, 0.1) is 16.1 Å². The molecule has 0 spiro atoms. The summed E-state index contributed by atoms with van der Waals surface area (Å²) in [4.78, 5) is 13.3. The van der Waals surface area contributed by atoms with Gasteiger partial charge in [-0.3, -0.25) is 4.79 Å². The maximum atomic E-state index is 13.4. The van der Waals surface area contributed by atoms with Gasteiger partial charge < -0.3 is 19.5 Å². The molecule has 5 nitrogen and oxygen atoms in total. The molecule has 1 amide bonds. The highest BCUT2D eigenvalue weighted by Gasteiger charge is 2.42. The highest BCUT2D eigenvalue weighted by Crippen LogP contribution is 2.40. The Balaban J connectivity index is 1.65. The molecule has 0 bridgehead atoms. The number of halogens is 2. The van der Waals surface area contributed by atoms with Crippen LogP contribution in [0.25, 0.3) is 0 Å². The second-order valence-corrected chi connectivity index (χ2v) is 7.04. The zero-order valence-corrected chi connectivity index (χ0v) is 15.4. The molecule has 2 aliphatic rings. The molecule has 2 aromatic carbocycles. The van der Waals surface area contributed by atoms with Crippen molar-refractivity contribution in [3.8, 4) is 11.5 Å². The van der Waals surface area contributed by atoms with Gasteiger partial charge in [-0.1, -0.05) is 23.7 Å². The highest BCUT2D eigenvalue weighted by molar-refractivity contribution is 6.34. The van der Waals surface area contributed by atoms with E-state index in [4.69, 9.17) is 25.8 Å². The number of fused-ring (bicyclic) bond motifs is 1. The van der Waals surface area contributed by atoms with E-state index in [1.54, 1.807) is 24.3 Å². The lowest BCUT2D eigenvalue weighted by molar-refractivity contribution is -0.125. The molecule has 2 heterocycles. The normalized spacial score (nSPS) is 18.0. The summed E-state index contributed by atoms with van der Waals surface area (Å²) in [5.41, 5.74) is 0.417. The molecule has 0 saturated carbocycles. The molecular weight excluding hydrogens is 373 g/mol. The zero-order chi connectivity index (χ0) is 18.9. The number of carbonyl (C=O) groups is 1. The minimum atomic E-state index is -0.803. The number of anilines is 1. The van der Waals surface area contributed by atoms with Crippen LogP contribution in [0.5, 0.6) is 11.5 Å². The summed E-state index contributed by atoms with van der Waals surface area (Å²) in [5.74, 6) is 0.569. The number of rotatable bonds is 3. The molecule has 4 rings (SSSR count). The first-order chi connectivity index (χ1) is 13.1. The third kappa shape index (κ3) is 3.47. The summed E-state index contributed by atoms with van der Waals surface area (Å²) in [6.07, 6.45) is 1.01. The molecule has 142 valence electrons. The van der Waals surface area contributed by atoms with E-state index in [2.05, 4.69) is 5.32 Å². The zero-order valence-electron chi connectivity index (χ0n) is 14.6. The minimum Gasteiger partial charge on any atom is -0.486 e. The van der Waals surface area contributed by atoms with Gasteiger partial charge in [0.2, 0.25) is 5.91 Å². The Kier molecular flexibility index (Phi) is 4.93. The van der Waals surface area contributed by atoms with Crippen LogP contribution in [0.2, 0.25) is 5.02 Å². The maximum absolute atomic E-state index is 13.4. The second-order valence-electron chi connectivity index (χ2n) is 6.63. The van der Waals surface area contributed by atoms with Crippen molar-refractivity contribution in [1.82, 2.24) is 0 Å². The van der Waals surface area contributed by atoms with Crippen LogP contribution in [0.15, 0.2) is 36.4 Å². The molecule has 0 aromatic heterocycles. The summed E-state index contributed by atoms with van der Waals surface area (Å²) in [6, 6.07) is 9.37. The van der Waals surface area contributed by atoms with Gasteiger partial charge in [-0.05, 0) is 30.5 Å². The SMILES string of the molecule is O=C(Nc1cc2c(cc1Cl)OCCO2)C1(c2ccc(F)cc2)CCOCC1. The molecule has 1 N–H and O–H groups in total. The largest absolute Gasteiger partial charge is 0.486 e. The van der Waals surface area contributed by atoms with Gasteiger partial charge in [0.1, 0.15) is 19.0 Å². The number of carbonyl (C=O) groups excluding carboxylic acids is 1. The molecule has 0 radical (unpaired) electrons. The Labute approximate surface area is 161 Å². The topological polar surface area (TPSA) is 56.8 Å². The fraction of sp³-hybridized carbons (Fsp3) is 0.350. The Morgan fingerprint density at radius 1 is 1.00 bits per heavy atom. The lowest BCUT2D eigenvalue weighted by atomic mass is 9.73. The predicted molar refractivity (Wildman–Crippen MR) is 99.2 cm³/mol. The van der Waals surface area contributed by atoms with Crippen LogP contribution in [0, 0.1) is 5.82 Å². The average Bonchev–Trinajstić information content (AvgIpc) is 2.69. The Hall–Kier alpha value is -2.31. The van der Waals surface area contributed by atoms with E-state index in [1.165, 1.54) is 12.1 Å². The van der Waals surface area contributed by atoms with E-state index in [0.29, 0.717) is 61.5 Å². The van der Waals surface area contributed by atoms with E-state index >= 15 is 0 Å². The lowest BCUT2D eigenvalue weighted by Gasteiger charge is -2.36. The van der Waals surface area contributed by atoms with Gasteiger partial charge in [-0.25, -0.2) is 4.39 Å². The molecule has 0 unspecified atom stereocenters. The molecular formula is C20H19ClFNO4. The molecule has 27 heavy (non-hydrogen) atoms. The number of ether oxygens (including phenoxy) is 3. The minimum absolute atomic E-state index is 0.198. The smallest absolute Gasteiger partial charge is 0.235 e. The van der Waals surface area contributed by atoms with Crippen molar-refractivity contribution < 1.29 is 23.4 Å². The summed E-state index contributed by atoms with van der Waals surface area (Å²) in [7, 11) is 0. The van der Waals surface area contributed by atoms with Crippen LogP contribution in [0.3, 0.4) is 0 Å². The number of hydrogen-bond acceptors (Lipinski definition) is 4. The van der Waals surface area contributed by atoms with E-state index in [0.717, 1.165) is 5.56 Å². The van der Waals surface area contributed by atoms with Crippen LogP contribution >= 0.6 is 11.6 Å². The van der Waals surface area contributed by atoms with Crippen molar-refractivity contribution in [1.29, 1.82) is 0 Å². The van der Waals surface area contributed by atoms with Gasteiger partial charge in [0.25, 0.3) is 0 Å². The maximum Gasteiger partial charge on any atom is 0.235 e. The van der Waals surface area contributed by atoms with Gasteiger partial charge in [-0.15, -0.1) is 0 Å². The highest BCUT2D eigenvalue weighted by atomic mass is 35.5. The van der Waals surface area contributed by atoms with Crippen molar-refractivity contribution >= 4 is 23.2 Å².